The molecule has 2 rings (SSSR count). The van der Waals surface area contributed by atoms with Gasteiger partial charge in [0.15, 0.2) is 0 Å². The van der Waals surface area contributed by atoms with Gasteiger partial charge in [-0.15, -0.1) is 0 Å². The van der Waals surface area contributed by atoms with Gasteiger partial charge in [-0.2, -0.15) is 0 Å². The van der Waals surface area contributed by atoms with Gasteiger partial charge in [-0.05, 0) is 19.4 Å². The van der Waals surface area contributed by atoms with Crippen LogP contribution in [0, 0.1) is 0 Å². The van der Waals surface area contributed by atoms with Crippen LogP contribution in [0.25, 0.3) is 11.3 Å². The first kappa shape index (κ1) is 11.9. The second kappa shape index (κ2) is 4.34. The third-order valence-corrected chi connectivity index (χ3v) is 4.11. The molecule has 1 aromatic heterocycles. The molecule has 1 aromatic carbocycles. The SMILES string of the molecule is CP(C)(=O)c1cc(-c2ccccc2)ncc1N. The van der Waals surface area contributed by atoms with Crippen LogP contribution in [0.5, 0.6) is 0 Å². The monoisotopic (exact) mass is 246 g/mol. The molecule has 4 heteroatoms. The Bertz CT molecular complexity index is 575. The molecule has 0 aliphatic heterocycles. The predicted octanol–water partition coefficient (Wildman–Crippen LogP) is 2.58. The van der Waals surface area contributed by atoms with Crippen molar-refractivity contribution in [3.05, 3.63) is 42.6 Å². The molecule has 17 heavy (non-hydrogen) atoms. The normalized spacial score (nSPS) is 11.4. The van der Waals surface area contributed by atoms with E-state index in [1.54, 1.807) is 19.5 Å². The maximum atomic E-state index is 12.1. The quantitative estimate of drug-likeness (QED) is 0.828. The van der Waals surface area contributed by atoms with Gasteiger partial charge >= 0.3 is 0 Å². The number of aromatic nitrogens is 1. The first-order chi connectivity index (χ1) is 7.98. The maximum Gasteiger partial charge on any atom is 0.111 e. The van der Waals surface area contributed by atoms with Crippen molar-refractivity contribution in [3.8, 4) is 11.3 Å². The number of hydrogen-bond acceptors (Lipinski definition) is 3. The number of hydrogen-bond donors (Lipinski definition) is 1. The Morgan fingerprint density at radius 3 is 2.41 bits per heavy atom. The van der Waals surface area contributed by atoms with Gasteiger partial charge in [0.25, 0.3) is 0 Å². The zero-order valence-electron chi connectivity index (χ0n) is 9.92. The van der Waals surface area contributed by atoms with Gasteiger partial charge < -0.3 is 10.3 Å². The number of nitrogens with zero attached hydrogens (tertiary/aromatic N) is 1. The summed E-state index contributed by atoms with van der Waals surface area (Å²) >= 11 is 0. The minimum Gasteiger partial charge on any atom is -0.397 e. The molecular weight excluding hydrogens is 231 g/mol. The van der Waals surface area contributed by atoms with Crippen LogP contribution in [-0.4, -0.2) is 18.3 Å². The average molecular weight is 246 g/mol. The summed E-state index contributed by atoms with van der Waals surface area (Å²) in [6.45, 7) is 3.43. The number of nitrogen functional groups attached to an aromatic ring is 1. The van der Waals surface area contributed by atoms with Gasteiger partial charge in [0.05, 0.1) is 17.6 Å². The highest BCUT2D eigenvalue weighted by molar-refractivity contribution is 7.70. The highest BCUT2D eigenvalue weighted by atomic mass is 31.2. The summed E-state index contributed by atoms with van der Waals surface area (Å²) in [6, 6.07) is 11.6. The Kier molecular flexibility index (Phi) is 3.03. The highest BCUT2D eigenvalue weighted by Crippen LogP contribution is 2.37. The summed E-state index contributed by atoms with van der Waals surface area (Å²) in [5.41, 5.74) is 8.12. The lowest BCUT2D eigenvalue weighted by Gasteiger charge is -2.11. The highest BCUT2D eigenvalue weighted by Gasteiger charge is 2.16. The second-order valence-corrected chi connectivity index (χ2v) is 7.53. The van der Waals surface area contributed by atoms with E-state index in [0.717, 1.165) is 11.3 Å². The van der Waals surface area contributed by atoms with E-state index in [2.05, 4.69) is 4.98 Å². The molecule has 0 spiro atoms. The Morgan fingerprint density at radius 1 is 1.18 bits per heavy atom. The molecule has 0 unspecified atom stereocenters. The van der Waals surface area contributed by atoms with Crippen molar-refractivity contribution in [2.75, 3.05) is 19.1 Å². The molecule has 0 radical (unpaired) electrons. The minimum absolute atomic E-state index is 0.498. The van der Waals surface area contributed by atoms with Crippen LogP contribution in [0.4, 0.5) is 5.69 Å². The van der Waals surface area contributed by atoms with E-state index in [-0.39, 0.29) is 0 Å². The second-order valence-electron chi connectivity index (χ2n) is 4.35. The van der Waals surface area contributed by atoms with Crippen LogP contribution >= 0.6 is 7.14 Å². The van der Waals surface area contributed by atoms with E-state index in [0.29, 0.717) is 11.0 Å². The standard InChI is InChI=1S/C13H15N2OP/c1-17(2,16)13-8-12(15-9-11(13)14)10-6-4-3-5-7-10/h3-9H,14H2,1-2H3. The minimum atomic E-state index is -2.37. The molecule has 0 amide bonds. The molecule has 0 aliphatic carbocycles. The topological polar surface area (TPSA) is 56.0 Å². The molecule has 0 fully saturated rings. The van der Waals surface area contributed by atoms with Gasteiger partial charge in [0.1, 0.15) is 7.14 Å². The maximum absolute atomic E-state index is 12.1. The zero-order valence-corrected chi connectivity index (χ0v) is 10.8. The molecule has 0 atom stereocenters. The lowest BCUT2D eigenvalue weighted by atomic mass is 10.1. The van der Waals surface area contributed by atoms with Crippen molar-refractivity contribution >= 4 is 18.1 Å². The molecule has 88 valence electrons. The first-order valence-corrected chi connectivity index (χ1v) is 7.95. The number of benzene rings is 1. The van der Waals surface area contributed by atoms with Crippen LogP contribution in [-0.2, 0) is 4.57 Å². The third kappa shape index (κ3) is 2.56. The van der Waals surface area contributed by atoms with Crippen molar-refractivity contribution in [2.24, 2.45) is 0 Å². The Morgan fingerprint density at radius 2 is 1.82 bits per heavy atom. The smallest absolute Gasteiger partial charge is 0.111 e. The molecular formula is C13H15N2OP. The van der Waals surface area contributed by atoms with Crippen molar-refractivity contribution in [3.63, 3.8) is 0 Å². The zero-order chi connectivity index (χ0) is 12.5. The number of nitrogens with two attached hydrogens (primary N) is 1. The van der Waals surface area contributed by atoms with Crippen molar-refractivity contribution < 1.29 is 4.57 Å². The van der Waals surface area contributed by atoms with E-state index in [1.807, 2.05) is 36.4 Å². The fraction of sp³-hybridized carbons (Fsp3) is 0.154. The summed E-state index contributed by atoms with van der Waals surface area (Å²) in [6.07, 6.45) is 1.58. The molecule has 0 bridgehead atoms. The summed E-state index contributed by atoms with van der Waals surface area (Å²) in [7, 11) is -2.37. The van der Waals surface area contributed by atoms with E-state index >= 15 is 0 Å². The Balaban J connectivity index is 2.56. The van der Waals surface area contributed by atoms with E-state index in [1.165, 1.54) is 0 Å². The van der Waals surface area contributed by atoms with Crippen LogP contribution in [0.2, 0.25) is 0 Å². The summed E-state index contributed by atoms with van der Waals surface area (Å²) < 4.78 is 12.1. The summed E-state index contributed by atoms with van der Waals surface area (Å²) in [4.78, 5) is 4.28. The molecule has 0 saturated heterocycles. The predicted molar refractivity (Wildman–Crippen MR) is 73.2 cm³/mol. The lowest BCUT2D eigenvalue weighted by molar-refractivity contribution is 0.588. The van der Waals surface area contributed by atoms with Crippen LogP contribution in [0.3, 0.4) is 0 Å². The third-order valence-electron chi connectivity index (χ3n) is 2.56. The number of rotatable bonds is 2. The molecule has 1 heterocycles. The van der Waals surface area contributed by atoms with Gasteiger partial charge in [-0.3, -0.25) is 4.98 Å². The number of pyridine rings is 1. The summed E-state index contributed by atoms with van der Waals surface area (Å²) in [5, 5.41) is 0.700. The van der Waals surface area contributed by atoms with Crippen molar-refractivity contribution in [1.82, 2.24) is 4.98 Å². The van der Waals surface area contributed by atoms with E-state index in [9.17, 15) is 4.57 Å². The first-order valence-electron chi connectivity index (χ1n) is 5.35. The molecule has 0 saturated carbocycles. The van der Waals surface area contributed by atoms with Gasteiger partial charge in [-0.1, -0.05) is 30.3 Å². The van der Waals surface area contributed by atoms with Gasteiger partial charge in [-0.25, -0.2) is 0 Å². The fourth-order valence-electron chi connectivity index (χ4n) is 1.69. The fourth-order valence-corrected chi connectivity index (χ4v) is 2.80. The van der Waals surface area contributed by atoms with Crippen molar-refractivity contribution in [1.29, 1.82) is 0 Å². The molecule has 0 aliphatic rings. The lowest BCUT2D eigenvalue weighted by Crippen LogP contribution is -2.11. The average Bonchev–Trinajstić information content (AvgIpc) is 2.29. The Labute approximate surface area is 101 Å². The molecule has 3 nitrogen and oxygen atoms in total. The van der Waals surface area contributed by atoms with Gasteiger partial charge in [0.2, 0.25) is 0 Å². The van der Waals surface area contributed by atoms with Crippen LogP contribution in [0.15, 0.2) is 42.6 Å². The van der Waals surface area contributed by atoms with Crippen LogP contribution in [0.1, 0.15) is 0 Å². The molecule has 2 N–H and O–H groups in total. The summed E-state index contributed by atoms with van der Waals surface area (Å²) in [5.74, 6) is 0. The molecule has 2 aromatic rings. The Hall–Kier alpha value is -1.60. The van der Waals surface area contributed by atoms with Crippen molar-refractivity contribution in [2.45, 2.75) is 0 Å². The largest absolute Gasteiger partial charge is 0.397 e. The van der Waals surface area contributed by atoms with E-state index in [4.69, 9.17) is 5.73 Å². The van der Waals surface area contributed by atoms with E-state index < -0.39 is 7.14 Å². The van der Waals surface area contributed by atoms with Gasteiger partial charge in [0, 0.05) is 10.9 Å². The number of anilines is 1. The van der Waals surface area contributed by atoms with Crippen LogP contribution < -0.4 is 11.0 Å².